The zero-order valence-corrected chi connectivity index (χ0v) is 16.7. The van der Waals surface area contributed by atoms with Crippen molar-refractivity contribution >= 4 is 5.91 Å². The van der Waals surface area contributed by atoms with Crippen molar-refractivity contribution in [3.63, 3.8) is 0 Å². The van der Waals surface area contributed by atoms with Crippen molar-refractivity contribution in [1.82, 2.24) is 4.90 Å². The number of fused-ring (bicyclic) bond motifs is 1. The van der Waals surface area contributed by atoms with E-state index in [0.29, 0.717) is 35.3 Å². The van der Waals surface area contributed by atoms with Gasteiger partial charge in [-0.1, -0.05) is 12.1 Å². The Kier molecular flexibility index (Phi) is 5.82. The van der Waals surface area contributed by atoms with Crippen LogP contribution in [0, 0.1) is 0 Å². The summed E-state index contributed by atoms with van der Waals surface area (Å²) in [5.74, 6) is 2.60. The average molecular weight is 387 g/mol. The monoisotopic (exact) mass is 387 g/mol. The number of rotatable bonds is 6. The van der Waals surface area contributed by atoms with E-state index in [9.17, 15) is 4.79 Å². The highest BCUT2D eigenvalue weighted by Gasteiger charge is 2.36. The summed E-state index contributed by atoms with van der Waals surface area (Å²) >= 11 is 0. The molecule has 2 aromatic rings. The lowest BCUT2D eigenvalue weighted by molar-refractivity contribution is -0.143. The second kappa shape index (κ2) is 8.29. The van der Waals surface area contributed by atoms with E-state index < -0.39 is 12.2 Å². The number of para-hydroxylation sites is 2. The first-order valence-electron chi connectivity index (χ1n) is 8.95. The van der Waals surface area contributed by atoms with E-state index in [0.717, 1.165) is 5.56 Å². The number of carbonyl (C=O) groups excluding carboxylic acids is 1. The fourth-order valence-corrected chi connectivity index (χ4v) is 3.23. The maximum atomic E-state index is 13.0. The Bertz CT molecular complexity index is 853. The lowest BCUT2D eigenvalue weighted by atomic mass is 10.1. The van der Waals surface area contributed by atoms with E-state index in [1.165, 1.54) is 0 Å². The van der Waals surface area contributed by atoms with Gasteiger partial charge in [0.2, 0.25) is 11.9 Å². The van der Waals surface area contributed by atoms with E-state index in [-0.39, 0.29) is 5.91 Å². The minimum atomic E-state index is -0.731. The second-order valence-corrected chi connectivity index (χ2v) is 6.50. The Labute approximate surface area is 164 Å². The maximum Gasteiger partial charge on any atom is 0.267 e. The summed E-state index contributed by atoms with van der Waals surface area (Å²) < 4.78 is 28.0. The molecule has 28 heavy (non-hydrogen) atoms. The van der Waals surface area contributed by atoms with Gasteiger partial charge < -0.3 is 28.6 Å². The van der Waals surface area contributed by atoms with Crippen LogP contribution in [0.15, 0.2) is 36.4 Å². The first kappa shape index (κ1) is 19.7. The van der Waals surface area contributed by atoms with Crippen molar-refractivity contribution < 1.29 is 28.5 Å². The third-order valence-electron chi connectivity index (χ3n) is 4.66. The Morgan fingerprint density at radius 1 is 0.964 bits per heavy atom. The molecule has 0 bridgehead atoms. The molecule has 0 saturated carbocycles. The van der Waals surface area contributed by atoms with Crippen LogP contribution >= 0.6 is 0 Å². The molecule has 7 heteroatoms. The maximum absolute atomic E-state index is 13.0. The molecule has 0 N–H and O–H groups in total. The van der Waals surface area contributed by atoms with E-state index >= 15 is 0 Å². The van der Waals surface area contributed by atoms with E-state index in [1.807, 2.05) is 31.2 Å². The molecule has 0 radical (unpaired) electrons. The van der Waals surface area contributed by atoms with E-state index in [4.69, 9.17) is 23.7 Å². The molecule has 1 heterocycles. The predicted molar refractivity (Wildman–Crippen MR) is 104 cm³/mol. The highest BCUT2D eigenvalue weighted by Crippen LogP contribution is 2.40. The third-order valence-corrected chi connectivity index (χ3v) is 4.66. The molecule has 2 atom stereocenters. The second-order valence-electron chi connectivity index (χ2n) is 6.50. The van der Waals surface area contributed by atoms with Crippen molar-refractivity contribution in [2.45, 2.75) is 25.7 Å². The molecule has 7 nitrogen and oxygen atoms in total. The minimum absolute atomic E-state index is 0.182. The molecule has 0 spiro atoms. The van der Waals surface area contributed by atoms with Crippen LogP contribution in [-0.2, 0) is 11.3 Å². The van der Waals surface area contributed by atoms with Crippen molar-refractivity contribution in [3.05, 3.63) is 42.0 Å². The predicted octanol–water partition coefficient (Wildman–Crippen LogP) is 2.90. The van der Waals surface area contributed by atoms with Crippen LogP contribution in [0.1, 0.15) is 12.5 Å². The van der Waals surface area contributed by atoms with Gasteiger partial charge in [0.25, 0.3) is 5.91 Å². The first-order valence-corrected chi connectivity index (χ1v) is 8.95. The molecule has 1 amide bonds. The zero-order valence-electron chi connectivity index (χ0n) is 16.7. The molecule has 2 unspecified atom stereocenters. The summed E-state index contributed by atoms with van der Waals surface area (Å²) in [7, 11) is 6.38. The summed E-state index contributed by atoms with van der Waals surface area (Å²) in [5.41, 5.74) is 0.792. The molecule has 2 aromatic carbocycles. The minimum Gasteiger partial charge on any atom is -0.493 e. The highest BCUT2D eigenvalue weighted by atomic mass is 16.6. The molecule has 150 valence electrons. The van der Waals surface area contributed by atoms with Crippen LogP contribution in [0.25, 0.3) is 0 Å². The lowest BCUT2D eigenvalue weighted by Gasteiger charge is -2.33. The topological polar surface area (TPSA) is 66.5 Å². The van der Waals surface area contributed by atoms with Gasteiger partial charge in [-0.25, -0.2) is 0 Å². The summed E-state index contributed by atoms with van der Waals surface area (Å²) in [4.78, 5) is 14.6. The number of likely N-dealkylation sites (N-methyl/N-ethyl adjacent to an activating group) is 1. The van der Waals surface area contributed by atoms with Gasteiger partial charge in [-0.15, -0.1) is 0 Å². The number of nitrogens with zero attached hydrogens (tertiary/aromatic N) is 1. The van der Waals surface area contributed by atoms with E-state index in [2.05, 4.69) is 0 Å². The smallest absolute Gasteiger partial charge is 0.267 e. The quantitative estimate of drug-likeness (QED) is 0.759. The summed E-state index contributed by atoms with van der Waals surface area (Å²) in [6.45, 7) is 2.14. The van der Waals surface area contributed by atoms with Gasteiger partial charge in [-0.3, -0.25) is 4.79 Å². The lowest BCUT2D eigenvalue weighted by Crippen LogP contribution is -2.49. The van der Waals surface area contributed by atoms with Crippen molar-refractivity contribution in [1.29, 1.82) is 0 Å². The fraction of sp³-hybridized carbons (Fsp3) is 0.381. The molecular weight excluding hydrogens is 362 g/mol. The Morgan fingerprint density at radius 2 is 1.61 bits per heavy atom. The van der Waals surface area contributed by atoms with Gasteiger partial charge in [-0.2, -0.15) is 0 Å². The van der Waals surface area contributed by atoms with Gasteiger partial charge >= 0.3 is 0 Å². The van der Waals surface area contributed by atoms with Crippen LogP contribution in [0.5, 0.6) is 28.7 Å². The normalized spacial score (nSPS) is 17.6. The van der Waals surface area contributed by atoms with Gasteiger partial charge in [-0.05, 0) is 31.2 Å². The zero-order chi connectivity index (χ0) is 20.3. The van der Waals surface area contributed by atoms with E-state index in [1.54, 1.807) is 45.4 Å². The number of hydrogen-bond acceptors (Lipinski definition) is 6. The molecule has 1 aliphatic heterocycles. The molecule has 0 aliphatic carbocycles. The number of ether oxygens (including phenoxy) is 5. The summed E-state index contributed by atoms with van der Waals surface area (Å²) in [6, 6.07) is 11.0. The molecule has 0 aromatic heterocycles. The van der Waals surface area contributed by atoms with Gasteiger partial charge in [0.15, 0.2) is 23.0 Å². The molecule has 0 saturated heterocycles. The summed E-state index contributed by atoms with van der Waals surface area (Å²) in [6.07, 6.45) is -1.14. The standard InChI is InChI=1S/C21H25NO6/c1-13-18(28-16-9-7-6-8-15(16)27-13)21(23)22(2)12-14-10-11-17(24-3)20(26-5)19(14)25-4/h6-11,13,18H,12H2,1-5H3. The molecule has 3 rings (SSSR count). The highest BCUT2D eigenvalue weighted by molar-refractivity contribution is 5.82. The fourth-order valence-electron chi connectivity index (χ4n) is 3.23. The Hall–Kier alpha value is -3.09. The number of benzene rings is 2. The summed E-state index contributed by atoms with van der Waals surface area (Å²) in [5, 5.41) is 0. The van der Waals surface area contributed by atoms with Gasteiger partial charge in [0, 0.05) is 19.2 Å². The van der Waals surface area contributed by atoms with Gasteiger partial charge in [0.05, 0.1) is 21.3 Å². The number of amides is 1. The third kappa shape index (κ3) is 3.65. The molecule has 1 aliphatic rings. The van der Waals surface area contributed by atoms with Crippen molar-refractivity contribution in [2.24, 2.45) is 0 Å². The first-order chi connectivity index (χ1) is 13.5. The number of carbonyl (C=O) groups is 1. The number of methoxy groups -OCH3 is 3. The average Bonchev–Trinajstić information content (AvgIpc) is 2.72. The largest absolute Gasteiger partial charge is 0.493 e. The molecular formula is C21H25NO6. The molecule has 0 fully saturated rings. The number of hydrogen-bond donors (Lipinski definition) is 0. The van der Waals surface area contributed by atoms with Crippen LogP contribution in [0.4, 0.5) is 0 Å². The van der Waals surface area contributed by atoms with Crippen molar-refractivity contribution in [2.75, 3.05) is 28.4 Å². The Morgan fingerprint density at radius 3 is 2.21 bits per heavy atom. The van der Waals surface area contributed by atoms with Gasteiger partial charge in [0.1, 0.15) is 6.10 Å². The SMILES string of the molecule is COc1ccc(CN(C)C(=O)C2Oc3ccccc3OC2C)c(OC)c1OC. The van der Waals surface area contributed by atoms with Crippen molar-refractivity contribution in [3.8, 4) is 28.7 Å². The van der Waals surface area contributed by atoms with Crippen LogP contribution < -0.4 is 23.7 Å². The van der Waals surface area contributed by atoms with Crippen LogP contribution in [0.2, 0.25) is 0 Å². The van der Waals surface area contributed by atoms with Crippen LogP contribution in [-0.4, -0.2) is 51.4 Å². The van der Waals surface area contributed by atoms with Crippen LogP contribution in [0.3, 0.4) is 0 Å². The Balaban J connectivity index is 1.80.